The fourth-order valence-corrected chi connectivity index (χ4v) is 3.61. The van der Waals surface area contributed by atoms with Crippen molar-refractivity contribution in [3.05, 3.63) is 71.0 Å². The highest BCUT2D eigenvalue weighted by Gasteiger charge is 2.19. The molecular formula is C19H19ClN4OS. The molecular weight excluding hydrogens is 368 g/mol. The Morgan fingerprint density at radius 1 is 1.15 bits per heavy atom. The van der Waals surface area contributed by atoms with Crippen LogP contribution in [0.15, 0.2) is 59.8 Å². The molecule has 0 aliphatic carbocycles. The number of thioether (sulfide) groups is 1. The van der Waals surface area contributed by atoms with Crippen LogP contribution in [0.2, 0.25) is 5.02 Å². The summed E-state index contributed by atoms with van der Waals surface area (Å²) in [7, 11) is 0. The van der Waals surface area contributed by atoms with E-state index in [-0.39, 0.29) is 11.2 Å². The maximum atomic E-state index is 12.5. The highest BCUT2D eigenvalue weighted by molar-refractivity contribution is 8.00. The number of rotatable bonds is 6. The first kappa shape index (κ1) is 18.5. The third-order valence-corrected chi connectivity index (χ3v) is 5.28. The van der Waals surface area contributed by atoms with Gasteiger partial charge in [0.25, 0.3) is 0 Å². The Bertz CT molecular complexity index is 898. The SMILES string of the molecule is Cc1nnc(S[C@@H](C)C(=O)NCc2ccccc2Cl)n1-c1ccccc1. The van der Waals surface area contributed by atoms with Crippen LogP contribution in [0.4, 0.5) is 0 Å². The minimum Gasteiger partial charge on any atom is -0.351 e. The van der Waals surface area contributed by atoms with Gasteiger partial charge in [0.05, 0.1) is 5.25 Å². The highest BCUT2D eigenvalue weighted by Crippen LogP contribution is 2.25. The highest BCUT2D eigenvalue weighted by atomic mass is 35.5. The normalized spacial score (nSPS) is 12.0. The number of carbonyl (C=O) groups is 1. The van der Waals surface area contributed by atoms with Crippen LogP contribution in [0, 0.1) is 6.92 Å². The van der Waals surface area contributed by atoms with Crippen LogP contribution in [-0.4, -0.2) is 25.9 Å². The molecule has 0 bridgehead atoms. The molecule has 1 aromatic heterocycles. The number of nitrogens with zero attached hydrogens (tertiary/aromatic N) is 3. The molecule has 7 heteroatoms. The van der Waals surface area contributed by atoms with Crippen LogP contribution < -0.4 is 5.32 Å². The van der Waals surface area contributed by atoms with Crippen LogP contribution in [0.5, 0.6) is 0 Å². The number of halogens is 1. The second-order valence-electron chi connectivity index (χ2n) is 5.77. The molecule has 26 heavy (non-hydrogen) atoms. The molecule has 134 valence electrons. The van der Waals surface area contributed by atoms with Crippen molar-refractivity contribution in [3.63, 3.8) is 0 Å². The third kappa shape index (κ3) is 4.26. The van der Waals surface area contributed by atoms with E-state index in [4.69, 9.17) is 11.6 Å². The lowest BCUT2D eigenvalue weighted by atomic mass is 10.2. The summed E-state index contributed by atoms with van der Waals surface area (Å²) in [5.41, 5.74) is 1.86. The average Bonchev–Trinajstić information content (AvgIpc) is 3.01. The number of nitrogens with one attached hydrogen (secondary N) is 1. The average molecular weight is 387 g/mol. The molecule has 0 radical (unpaired) electrons. The van der Waals surface area contributed by atoms with Gasteiger partial charge in [-0.05, 0) is 37.6 Å². The molecule has 0 unspecified atom stereocenters. The van der Waals surface area contributed by atoms with Gasteiger partial charge in [0.15, 0.2) is 5.16 Å². The van der Waals surface area contributed by atoms with Crippen molar-refractivity contribution in [3.8, 4) is 5.69 Å². The molecule has 0 aliphatic rings. The van der Waals surface area contributed by atoms with Crippen molar-refractivity contribution in [1.82, 2.24) is 20.1 Å². The Labute approximate surface area is 161 Å². The van der Waals surface area contributed by atoms with E-state index in [9.17, 15) is 4.79 Å². The van der Waals surface area contributed by atoms with Crippen LogP contribution in [0.25, 0.3) is 5.69 Å². The van der Waals surface area contributed by atoms with Gasteiger partial charge in [0.1, 0.15) is 5.82 Å². The number of aryl methyl sites for hydroxylation is 1. The molecule has 0 saturated heterocycles. The number of hydrogen-bond donors (Lipinski definition) is 1. The topological polar surface area (TPSA) is 59.8 Å². The van der Waals surface area contributed by atoms with Gasteiger partial charge in [0, 0.05) is 17.3 Å². The Hall–Kier alpha value is -2.31. The van der Waals surface area contributed by atoms with E-state index in [1.165, 1.54) is 11.8 Å². The molecule has 0 fully saturated rings. The van der Waals surface area contributed by atoms with Gasteiger partial charge >= 0.3 is 0 Å². The van der Waals surface area contributed by atoms with Gasteiger partial charge in [-0.25, -0.2) is 0 Å². The second kappa shape index (κ2) is 8.38. The smallest absolute Gasteiger partial charge is 0.233 e. The third-order valence-electron chi connectivity index (χ3n) is 3.87. The summed E-state index contributed by atoms with van der Waals surface area (Å²) >= 11 is 7.51. The number of aromatic nitrogens is 3. The van der Waals surface area contributed by atoms with Crippen molar-refractivity contribution in [2.75, 3.05) is 0 Å². The lowest BCUT2D eigenvalue weighted by molar-refractivity contribution is -0.120. The van der Waals surface area contributed by atoms with Crippen LogP contribution in [0.3, 0.4) is 0 Å². The van der Waals surface area contributed by atoms with Crippen molar-refractivity contribution in [2.24, 2.45) is 0 Å². The van der Waals surface area contributed by atoms with E-state index in [0.29, 0.717) is 16.7 Å². The first-order valence-electron chi connectivity index (χ1n) is 8.21. The summed E-state index contributed by atoms with van der Waals surface area (Å²) in [4.78, 5) is 12.5. The van der Waals surface area contributed by atoms with Gasteiger partial charge in [-0.15, -0.1) is 10.2 Å². The fourth-order valence-electron chi connectivity index (χ4n) is 2.47. The number of carbonyl (C=O) groups excluding carboxylic acids is 1. The van der Waals surface area contributed by atoms with E-state index < -0.39 is 0 Å². The van der Waals surface area contributed by atoms with Crippen molar-refractivity contribution in [2.45, 2.75) is 30.8 Å². The summed E-state index contributed by atoms with van der Waals surface area (Å²) in [5, 5.41) is 12.3. The van der Waals surface area contributed by atoms with Gasteiger partial charge in [0.2, 0.25) is 5.91 Å². The van der Waals surface area contributed by atoms with Crippen molar-refractivity contribution < 1.29 is 4.79 Å². The predicted molar refractivity (Wildman–Crippen MR) is 105 cm³/mol. The number of benzene rings is 2. The molecule has 3 rings (SSSR count). The standard InChI is InChI=1S/C19H19ClN4OS/c1-13(18(25)21-12-15-8-6-7-11-17(15)20)26-19-23-22-14(2)24(19)16-9-4-3-5-10-16/h3-11,13H,12H2,1-2H3,(H,21,25)/t13-/m0/s1. The maximum absolute atomic E-state index is 12.5. The van der Waals surface area contributed by atoms with Gasteiger partial charge in [-0.2, -0.15) is 0 Å². The zero-order chi connectivity index (χ0) is 18.5. The monoisotopic (exact) mass is 386 g/mol. The fraction of sp³-hybridized carbons (Fsp3) is 0.211. The van der Waals surface area contributed by atoms with Crippen LogP contribution in [-0.2, 0) is 11.3 Å². The van der Waals surface area contributed by atoms with E-state index in [2.05, 4.69) is 15.5 Å². The predicted octanol–water partition coefficient (Wildman–Crippen LogP) is 4.03. The van der Waals surface area contributed by atoms with E-state index in [1.54, 1.807) is 0 Å². The Morgan fingerprint density at radius 2 is 1.85 bits per heavy atom. The Kier molecular flexibility index (Phi) is 5.96. The Balaban J connectivity index is 1.68. The summed E-state index contributed by atoms with van der Waals surface area (Å²) in [6, 6.07) is 17.3. The second-order valence-corrected chi connectivity index (χ2v) is 7.49. The zero-order valence-electron chi connectivity index (χ0n) is 14.5. The number of para-hydroxylation sites is 1. The minimum absolute atomic E-state index is 0.0739. The maximum Gasteiger partial charge on any atom is 0.233 e. The molecule has 0 spiro atoms. The van der Waals surface area contributed by atoms with E-state index in [1.807, 2.05) is 73.0 Å². The molecule has 1 atom stereocenters. The summed E-state index contributed by atoms with van der Waals surface area (Å²) < 4.78 is 1.95. The van der Waals surface area contributed by atoms with Gasteiger partial charge in [-0.1, -0.05) is 59.8 Å². The number of hydrogen-bond acceptors (Lipinski definition) is 4. The summed E-state index contributed by atoms with van der Waals surface area (Å²) in [6.45, 7) is 4.14. The van der Waals surface area contributed by atoms with Crippen LogP contribution >= 0.6 is 23.4 Å². The molecule has 1 N–H and O–H groups in total. The lowest BCUT2D eigenvalue weighted by Crippen LogP contribution is -2.30. The molecule has 1 amide bonds. The zero-order valence-corrected chi connectivity index (χ0v) is 16.1. The first-order chi connectivity index (χ1) is 12.6. The van der Waals surface area contributed by atoms with Crippen molar-refractivity contribution >= 4 is 29.3 Å². The van der Waals surface area contributed by atoms with Crippen molar-refractivity contribution in [1.29, 1.82) is 0 Å². The Morgan fingerprint density at radius 3 is 2.58 bits per heavy atom. The largest absolute Gasteiger partial charge is 0.351 e. The quantitative estimate of drug-likeness (QED) is 0.650. The first-order valence-corrected chi connectivity index (χ1v) is 9.47. The summed E-state index contributed by atoms with van der Waals surface area (Å²) in [6.07, 6.45) is 0. The van der Waals surface area contributed by atoms with Gasteiger partial charge < -0.3 is 5.32 Å². The molecule has 0 saturated carbocycles. The number of amides is 1. The summed E-state index contributed by atoms with van der Waals surface area (Å²) in [5.74, 6) is 0.706. The lowest BCUT2D eigenvalue weighted by Gasteiger charge is -2.13. The molecule has 3 aromatic rings. The van der Waals surface area contributed by atoms with E-state index in [0.717, 1.165) is 17.1 Å². The molecule has 5 nitrogen and oxygen atoms in total. The molecule has 2 aromatic carbocycles. The molecule has 0 aliphatic heterocycles. The van der Waals surface area contributed by atoms with Gasteiger partial charge in [-0.3, -0.25) is 9.36 Å². The van der Waals surface area contributed by atoms with E-state index >= 15 is 0 Å². The van der Waals surface area contributed by atoms with Crippen LogP contribution in [0.1, 0.15) is 18.3 Å². The minimum atomic E-state index is -0.316. The molecule has 1 heterocycles.